The molecule has 0 amide bonds. The molecule has 2 aromatic carbocycles. The van der Waals surface area contributed by atoms with Gasteiger partial charge in [-0.3, -0.25) is 9.59 Å². The van der Waals surface area contributed by atoms with Crippen molar-refractivity contribution in [3.8, 4) is 0 Å². The molecule has 0 fully saturated rings. The first-order valence-corrected chi connectivity index (χ1v) is 6.90. The third-order valence-corrected chi connectivity index (χ3v) is 3.96. The molecule has 6 heteroatoms. The second kappa shape index (κ2) is 4.54. The van der Waals surface area contributed by atoms with Gasteiger partial charge in [0.1, 0.15) is 0 Å². The molecule has 0 aliphatic heterocycles. The van der Waals surface area contributed by atoms with Crippen molar-refractivity contribution < 1.29 is 14.7 Å². The molecule has 0 bridgehead atoms. The number of pyridine rings is 1. The van der Waals surface area contributed by atoms with E-state index in [0.717, 1.165) is 22.5 Å². The van der Waals surface area contributed by atoms with Gasteiger partial charge in [0.2, 0.25) is 5.43 Å². The van der Waals surface area contributed by atoms with Gasteiger partial charge in [-0.15, -0.1) is 0 Å². The quantitative estimate of drug-likeness (QED) is 0.391. The smallest absolute Gasteiger partial charge is 0.377 e. The Hall–Kier alpha value is -3.41. The summed E-state index contributed by atoms with van der Waals surface area (Å²) in [6.07, 6.45) is 1.15. The standard InChI is InChI=1S/C17H10N2O4/c20-15-10(16(21)17(22)23)7-18-12-6-5-9-8-3-1-2-4-11(8)19-14(9)13(12)15/h1-7,19H,(H,18,20)(H,22,23). The fourth-order valence-corrected chi connectivity index (χ4v) is 2.91. The molecular formula is C17H10N2O4. The van der Waals surface area contributed by atoms with Gasteiger partial charge < -0.3 is 15.1 Å². The predicted molar refractivity (Wildman–Crippen MR) is 85.9 cm³/mol. The number of carbonyl (C=O) groups is 2. The van der Waals surface area contributed by atoms with Crippen LogP contribution in [0.3, 0.4) is 0 Å². The van der Waals surface area contributed by atoms with Gasteiger partial charge in [0.05, 0.1) is 22.0 Å². The van der Waals surface area contributed by atoms with Crippen LogP contribution in [0.5, 0.6) is 0 Å². The summed E-state index contributed by atoms with van der Waals surface area (Å²) in [5, 5.41) is 10.9. The van der Waals surface area contributed by atoms with Crippen LogP contribution in [0.1, 0.15) is 10.4 Å². The van der Waals surface area contributed by atoms with E-state index in [0.29, 0.717) is 11.0 Å². The lowest BCUT2D eigenvalue weighted by molar-refractivity contribution is -0.131. The maximum atomic E-state index is 12.6. The molecule has 0 saturated carbocycles. The van der Waals surface area contributed by atoms with E-state index in [1.165, 1.54) is 0 Å². The van der Waals surface area contributed by atoms with Crippen molar-refractivity contribution in [1.29, 1.82) is 0 Å². The number of carboxylic acid groups (broad SMARTS) is 1. The fourth-order valence-electron chi connectivity index (χ4n) is 2.91. The Morgan fingerprint density at radius 3 is 2.52 bits per heavy atom. The Morgan fingerprint density at radius 2 is 1.74 bits per heavy atom. The highest BCUT2D eigenvalue weighted by atomic mass is 16.4. The summed E-state index contributed by atoms with van der Waals surface area (Å²) >= 11 is 0. The molecule has 3 N–H and O–H groups in total. The lowest BCUT2D eigenvalue weighted by atomic mass is 10.1. The van der Waals surface area contributed by atoms with E-state index in [9.17, 15) is 14.4 Å². The van der Waals surface area contributed by atoms with Crippen LogP contribution in [-0.2, 0) is 4.79 Å². The molecule has 2 aromatic heterocycles. The molecule has 4 rings (SSSR count). The molecule has 0 aliphatic carbocycles. The minimum Gasteiger partial charge on any atom is -0.475 e. The number of benzene rings is 2. The molecule has 0 atom stereocenters. The molecule has 2 heterocycles. The van der Waals surface area contributed by atoms with Crippen molar-refractivity contribution in [3.63, 3.8) is 0 Å². The van der Waals surface area contributed by atoms with Crippen LogP contribution in [-0.4, -0.2) is 26.8 Å². The number of H-pyrrole nitrogens is 2. The van der Waals surface area contributed by atoms with Crippen LogP contribution >= 0.6 is 0 Å². The average molecular weight is 306 g/mol. The van der Waals surface area contributed by atoms with Crippen LogP contribution in [0.15, 0.2) is 47.4 Å². The van der Waals surface area contributed by atoms with Crippen molar-refractivity contribution in [2.24, 2.45) is 0 Å². The highest BCUT2D eigenvalue weighted by molar-refractivity contribution is 6.40. The molecule has 0 unspecified atom stereocenters. The summed E-state index contributed by atoms with van der Waals surface area (Å²) in [6.45, 7) is 0. The zero-order valence-electron chi connectivity index (χ0n) is 11.7. The Bertz CT molecular complexity index is 1180. The number of hydrogen-bond acceptors (Lipinski definition) is 3. The number of hydrogen-bond donors (Lipinski definition) is 3. The molecule has 23 heavy (non-hydrogen) atoms. The van der Waals surface area contributed by atoms with Crippen LogP contribution in [0.4, 0.5) is 0 Å². The van der Waals surface area contributed by atoms with E-state index in [1.54, 1.807) is 6.07 Å². The molecule has 0 spiro atoms. The minimum absolute atomic E-state index is 0.283. The summed E-state index contributed by atoms with van der Waals surface area (Å²) in [4.78, 5) is 41.2. The molecule has 6 nitrogen and oxygen atoms in total. The first-order valence-electron chi connectivity index (χ1n) is 6.90. The van der Waals surface area contributed by atoms with Gasteiger partial charge >= 0.3 is 5.97 Å². The first kappa shape index (κ1) is 13.3. The molecule has 0 aliphatic rings. The molecule has 112 valence electrons. The van der Waals surface area contributed by atoms with Crippen molar-refractivity contribution in [2.75, 3.05) is 0 Å². The Balaban J connectivity index is 2.20. The highest BCUT2D eigenvalue weighted by Crippen LogP contribution is 2.29. The number of carboxylic acids is 1. The van der Waals surface area contributed by atoms with E-state index in [-0.39, 0.29) is 10.9 Å². The van der Waals surface area contributed by atoms with Crippen LogP contribution < -0.4 is 5.43 Å². The second-order valence-electron chi connectivity index (χ2n) is 5.25. The Morgan fingerprint density at radius 1 is 0.957 bits per heavy atom. The van der Waals surface area contributed by atoms with Gasteiger partial charge in [0.25, 0.3) is 5.78 Å². The Kier molecular flexibility index (Phi) is 2.62. The van der Waals surface area contributed by atoms with Crippen molar-refractivity contribution >= 4 is 44.5 Å². The number of para-hydroxylation sites is 1. The summed E-state index contributed by atoms with van der Waals surface area (Å²) in [5.74, 6) is -2.88. The number of rotatable bonds is 2. The molecular weight excluding hydrogens is 296 g/mol. The maximum Gasteiger partial charge on any atom is 0.377 e. The van der Waals surface area contributed by atoms with Gasteiger partial charge in [-0.25, -0.2) is 4.79 Å². The van der Waals surface area contributed by atoms with E-state index in [1.807, 2.05) is 30.3 Å². The summed E-state index contributed by atoms with van der Waals surface area (Å²) in [6, 6.07) is 11.2. The van der Waals surface area contributed by atoms with E-state index >= 15 is 0 Å². The molecule has 0 radical (unpaired) electrons. The average Bonchev–Trinajstić information content (AvgIpc) is 2.93. The second-order valence-corrected chi connectivity index (χ2v) is 5.25. The Labute approximate surface area is 128 Å². The summed E-state index contributed by atoms with van der Waals surface area (Å²) in [5.41, 5.74) is 1.02. The third-order valence-electron chi connectivity index (χ3n) is 3.96. The molecule has 0 saturated heterocycles. The number of aromatic nitrogens is 2. The van der Waals surface area contributed by atoms with Crippen LogP contribution in [0, 0.1) is 0 Å². The topological polar surface area (TPSA) is 103 Å². The first-order chi connectivity index (χ1) is 11.1. The van der Waals surface area contributed by atoms with Crippen molar-refractivity contribution in [1.82, 2.24) is 9.97 Å². The van der Waals surface area contributed by atoms with Crippen molar-refractivity contribution in [2.45, 2.75) is 0 Å². The van der Waals surface area contributed by atoms with Gasteiger partial charge in [0, 0.05) is 22.5 Å². The van der Waals surface area contributed by atoms with Gasteiger partial charge in [-0.2, -0.15) is 0 Å². The number of carbonyl (C=O) groups excluding carboxylic acids is 1. The minimum atomic E-state index is -1.65. The molecule has 4 aromatic rings. The van der Waals surface area contributed by atoms with Gasteiger partial charge in [0.15, 0.2) is 0 Å². The SMILES string of the molecule is O=C(O)C(=O)c1c[nH]c2ccc3c4ccccc4[nH]c3c2c1=O. The predicted octanol–water partition coefficient (Wildman–Crippen LogP) is 2.43. The largest absolute Gasteiger partial charge is 0.475 e. The number of fused-ring (bicyclic) bond motifs is 5. The third kappa shape index (κ3) is 1.78. The zero-order chi connectivity index (χ0) is 16.1. The summed E-state index contributed by atoms with van der Waals surface area (Å²) in [7, 11) is 0. The summed E-state index contributed by atoms with van der Waals surface area (Å²) < 4.78 is 0. The van der Waals surface area contributed by atoms with Crippen LogP contribution in [0.25, 0.3) is 32.7 Å². The zero-order valence-corrected chi connectivity index (χ0v) is 11.7. The van der Waals surface area contributed by atoms with Crippen molar-refractivity contribution in [3.05, 3.63) is 58.4 Å². The van der Waals surface area contributed by atoms with E-state index in [2.05, 4.69) is 9.97 Å². The van der Waals surface area contributed by atoms with Gasteiger partial charge in [-0.1, -0.05) is 24.3 Å². The van der Waals surface area contributed by atoms with Gasteiger partial charge in [-0.05, 0) is 12.1 Å². The van der Waals surface area contributed by atoms with E-state index in [4.69, 9.17) is 5.11 Å². The van der Waals surface area contributed by atoms with Crippen LogP contribution in [0.2, 0.25) is 0 Å². The van der Waals surface area contributed by atoms with E-state index < -0.39 is 17.2 Å². The lowest BCUT2D eigenvalue weighted by Crippen LogP contribution is -2.22. The number of aliphatic carboxylic acids is 1. The number of ketones is 1. The maximum absolute atomic E-state index is 12.6. The number of nitrogens with one attached hydrogen (secondary N) is 2. The highest BCUT2D eigenvalue weighted by Gasteiger charge is 2.21. The lowest BCUT2D eigenvalue weighted by Gasteiger charge is -2.02. The number of Topliss-reactive ketones (excluding diaryl/α,β-unsaturated/α-hetero) is 1. The monoisotopic (exact) mass is 306 g/mol. The number of aromatic amines is 2. The fraction of sp³-hybridized carbons (Fsp3) is 0. The normalized spacial score (nSPS) is 11.3.